The van der Waals surface area contributed by atoms with Crippen LogP contribution in [0.1, 0.15) is 17.5 Å². The summed E-state index contributed by atoms with van der Waals surface area (Å²) in [5, 5.41) is 8.39. The quantitative estimate of drug-likeness (QED) is 0.273. The third kappa shape index (κ3) is 11.7. The molecule has 0 fully saturated rings. The van der Waals surface area contributed by atoms with E-state index in [0.717, 1.165) is 11.6 Å². The highest BCUT2D eigenvalue weighted by Crippen LogP contribution is 2.07. The van der Waals surface area contributed by atoms with E-state index >= 15 is 0 Å². The maximum absolute atomic E-state index is 12.6. The van der Waals surface area contributed by atoms with Gasteiger partial charge in [-0.3, -0.25) is 9.59 Å². The van der Waals surface area contributed by atoms with Crippen molar-refractivity contribution in [2.45, 2.75) is 19.3 Å². The van der Waals surface area contributed by atoms with Crippen LogP contribution in [0.5, 0.6) is 0 Å². The van der Waals surface area contributed by atoms with Crippen LogP contribution in [0.4, 0.5) is 8.78 Å². The molecular weight excluding hydrogens is 408 g/mol. The molecule has 0 spiro atoms. The van der Waals surface area contributed by atoms with Crippen LogP contribution in [0, 0.1) is 11.6 Å². The number of nitrogens with two attached hydrogens (primary N) is 1. The summed E-state index contributed by atoms with van der Waals surface area (Å²) >= 11 is 0. The number of esters is 1. The van der Waals surface area contributed by atoms with Crippen molar-refractivity contribution in [2.24, 2.45) is 5.73 Å². The summed E-state index contributed by atoms with van der Waals surface area (Å²) in [4.78, 5) is 32.8. The van der Waals surface area contributed by atoms with Crippen LogP contribution in [-0.2, 0) is 32.0 Å². The van der Waals surface area contributed by atoms with Crippen LogP contribution in [0.15, 0.2) is 73.0 Å². The number of benzene rings is 2. The van der Waals surface area contributed by atoms with E-state index in [1.54, 1.807) is 12.1 Å². The molecule has 0 heterocycles. The summed E-state index contributed by atoms with van der Waals surface area (Å²) in [7, 11) is 0. The highest BCUT2D eigenvalue weighted by atomic mass is 19.1. The van der Waals surface area contributed by atoms with E-state index in [0.29, 0.717) is 12.0 Å². The Hall–Kier alpha value is -3.81. The fourth-order valence-electron chi connectivity index (χ4n) is 2.30. The van der Waals surface area contributed by atoms with Gasteiger partial charge in [0.2, 0.25) is 0 Å². The summed E-state index contributed by atoms with van der Waals surface area (Å²) in [6, 6.07) is 11.3. The van der Waals surface area contributed by atoms with E-state index in [2.05, 4.69) is 11.3 Å². The number of rotatable bonds is 9. The lowest BCUT2D eigenvalue weighted by Gasteiger charge is -2.02. The number of ketones is 1. The number of ether oxygens (including phenoxy) is 1. The van der Waals surface area contributed by atoms with Gasteiger partial charge in [-0.05, 0) is 35.4 Å². The highest BCUT2D eigenvalue weighted by Gasteiger charge is 2.11. The van der Waals surface area contributed by atoms with Gasteiger partial charge in [0.15, 0.2) is 0 Å². The second-order valence-corrected chi connectivity index (χ2v) is 6.35. The zero-order chi connectivity index (χ0) is 23.2. The second kappa shape index (κ2) is 13.4. The van der Waals surface area contributed by atoms with Gasteiger partial charge in [0.05, 0.1) is 0 Å². The van der Waals surface area contributed by atoms with Crippen LogP contribution in [0.25, 0.3) is 0 Å². The van der Waals surface area contributed by atoms with Crippen LogP contribution >= 0.6 is 0 Å². The zero-order valence-electron chi connectivity index (χ0n) is 16.7. The lowest BCUT2D eigenvalue weighted by molar-refractivity contribution is -0.144. The van der Waals surface area contributed by atoms with Gasteiger partial charge >= 0.3 is 11.9 Å². The normalized spacial score (nSPS) is 10.5. The van der Waals surface area contributed by atoms with Crippen LogP contribution in [-0.4, -0.2) is 29.4 Å². The van der Waals surface area contributed by atoms with Crippen molar-refractivity contribution in [1.29, 1.82) is 0 Å². The molecule has 164 valence electrons. The maximum atomic E-state index is 12.6. The number of Topliss-reactive ketones (excluding diaryl/α,β-unsaturated/α-hetero) is 1. The van der Waals surface area contributed by atoms with Crippen molar-refractivity contribution in [3.63, 3.8) is 0 Å². The third-order valence-corrected chi connectivity index (χ3v) is 3.65. The van der Waals surface area contributed by atoms with Crippen LogP contribution in [0.3, 0.4) is 0 Å². The first-order valence-corrected chi connectivity index (χ1v) is 9.15. The van der Waals surface area contributed by atoms with Crippen molar-refractivity contribution in [3.05, 3.63) is 95.7 Å². The number of hydrogen-bond acceptors (Lipinski definition) is 5. The molecule has 0 saturated carbocycles. The van der Waals surface area contributed by atoms with Gasteiger partial charge in [0.1, 0.15) is 30.4 Å². The number of aliphatic carboxylic acids is 1. The fraction of sp³-hybridized carbons (Fsp3) is 0.174. The number of carbonyl (C=O) groups is 3. The molecule has 2 aromatic rings. The van der Waals surface area contributed by atoms with Gasteiger partial charge < -0.3 is 15.6 Å². The Balaban J connectivity index is 0.000000316. The van der Waals surface area contributed by atoms with Gasteiger partial charge in [0, 0.05) is 24.6 Å². The average Bonchev–Trinajstić information content (AvgIpc) is 2.70. The molecule has 0 saturated heterocycles. The first kappa shape index (κ1) is 25.2. The number of carboxylic acid groups (broad SMARTS) is 1. The minimum atomic E-state index is -1.08. The maximum Gasteiger partial charge on any atom is 0.330 e. The van der Waals surface area contributed by atoms with Gasteiger partial charge in [-0.25, -0.2) is 13.6 Å². The molecule has 2 aromatic carbocycles. The molecule has 0 amide bonds. The van der Waals surface area contributed by atoms with Gasteiger partial charge in [-0.1, -0.05) is 36.9 Å². The number of halogens is 2. The molecule has 3 N–H and O–H groups in total. The van der Waals surface area contributed by atoms with E-state index < -0.39 is 11.9 Å². The lowest BCUT2D eigenvalue weighted by Crippen LogP contribution is -2.13. The Morgan fingerprint density at radius 2 is 1.42 bits per heavy atom. The standard InChI is InChI=1S/C13H13FO3.C10H10FNO2/c1-2-7-17-13(16)9-12(15)8-10-3-5-11(14)6-4-10;11-8-3-1-7(2-4-8)5-9(12)6-10(13)14/h2-6H,1,7-9H2;1-4,6H,5,12H2,(H,13,14)/b;9-6-. The largest absolute Gasteiger partial charge is 0.478 e. The fourth-order valence-corrected chi connectivity index (χ4v) is 2.30. The van der Waals surface area contributed by atoms with E-state index in [9.17, 15) is 23.2 Å². The van der Waals surface area contributed by atoms with E-state index in [-0.39, 0.29) is 42.6 Å². The molecule has 0 aliphatic heterocycles. The summed E-state index contributed by atoms with van der Waals surface area (Å²) in [6.45, 7) is 3.49. The minimum absolute atomic E-state index is 0.0999. The van der Waals surface area contributed by atoms with Crippen molar-refractivity contribution in [2.75, 3.05) is 6.61 Å². The van der Waals surface area contributed by atoms with Gasteiger partial charge in [-0.15, -0.1) is 0 Å². The Kier molecular flexibility index (Phi) is 10.9. The van der Waals surface area contributed by atoms with Crippen molar-refractivity contribution in [3.8, 4) is 0 Å². The monoisotopic (exact) mass is 431 g/mol. The molecule has 0 aromatic heterocycles. The van der Waals surface area contributed by atoms with E-state index in [1.807, 2.05) is 0 Å². The van der Waals surface area contributed by atoms with Crippen molar-refractivity contribution < 1.29 is 33.0 Å². The molecule has 31 heavy (non-hydrogen) atoms. The summed E-state index contributed by atoms with van der Waals surface area (Å²) in [6.07, 6.45) is 2.51. The third-order valence-electron chi connectivity index (χ3n) is 3.65. The number of carboxylic acids is 1. The Labute approximate surface area is 178 Å². The predicted molar refractivity (Wildman–Crippen MR) is 111 cm³/mol. The molecule has 0 aliphatic carbocycles. The number of carbonyl (C=O) groups excluding carboxylic acids is 2. The van der Waals surface area contributed by atoms with Crippen LogP contribution < -0.4 is 5.73 Å². The molecule has 8 heteroatoms. The molecule has 2 rings (SSSR count). The zero-order valence-corrected chi connectivity index (χ0v) is 16.7. The smallest absolute Gasteiger partial charge is 0.330 e. The Bertz CT molecular complexity index is 922. The van der Waals surface area contributed by atoms with Gasteiger partial charge in [-0.2, -0.15) is 0 Å². The molecular formula is C23H23F2NO5. The summed E-state index contributed by atoms with van der Waals surface area (Å²) in [5.41, 5.74) is 7.12. The molecule has 0 bridgehead atoms. The van der Waals surface area contributed by atoms with Crippen molar-refractivity contribution >= 4 is 17.7 Å². The van der Waals surface area contributed by atoms with E-state index in [4.69, 9.17) is 10.8 Å². The molecule has 0 aliphatic rings. The van der Waals surface area contributed by atoms with Crippen molar-refractivity contribution in [1.82, 2.24) is 0 Å². The Morgan fingerprint density at radius 1 is 0.935 bits per heavy atom. The SMILES string of the molecule is C=CCOC(=O)CC(=O)Cc1ccc(F)cc1.N/C(=C\C(=O)O)Cc1ccc(F)cc1. The average molecular weight is 431 g/mol. The first-order chi connectivity index (χ1) is 14.7. The number of hydrogen-bond donors (Lipinski definition) is 2. The molecule has 0 radical (unpaired) electrons. The second-order valence-electron chi connectivity index (χ2n) is 6.35. The topological polar surface area (TPSA) is 107 Å². The first-order valence-electron chi connectivity index (χ1n) is 9.15. The molecule has 0 unspecified atom stereocenters. The molecule has 6 nitrogen and oxygen atoms in total. The Morgan fingerprint density at radius 3 is 1.87 bits per heavy atom. The van der Waals surface area contributed by atoms with E-state index in [1.165, 1.54) is 42.5 Å². The predicted octanol–water partition coefficient (Wildman–Crippen LogP) is 3.35. The van der Waals surface area contributed by atoms with Crippen LogP contribution in [0.2, 0.25) is 0 Å². The summed E-state index contributed by atoms with van der Waals surface area (Å²) in [5.74, 6) is -2.59. The molecule has 0 atom stereocenters. The summed E-state index contributed by atoms with van der Waals surface area (Å²) < 4.78 is 29.8. The minimum Gasteiger partial charge on any atom is -0.478 e. The van der Waals surface area contributed by atoms with Gasteiger partial charge in [0.25, 0.3) is 0 Å². The number of allylic oxidation sites excluding steroid dienone is 1. The lowest BCUT2D eigenvalue weighted by atomic mass is 10.1. The highest BCUT2D eigenvalue weighted by molar-refractivity contribution is 5.96.